The summed E-state index contributed by atoms with van der Waals surface area (Å²) in [4.78, 5) is 26.4. The van der Waals surface area contributed by atoms with Crippen molar-refractivity contribution in [1.29, 1.82) is 0 Å². The van der Waals surface area contributed by atoms with E-state index in [9.17, 15) is 9.59 Å². The summed E-state index contributed by atoms with van der Waals surface area (Å²) < 4.78 is 17.2. The molecule has 0 aliphatic carbocycles. The van der Waals surface area contributed by atoms with Gasteiger partial charge in [0.1, 0.15) is 0 Å². The first-order valence-corrected chi connectivity index (χ1v) is 9.34. The van der Waals surface area contributed by atoms with Gasteiger partial charge in [-0.3, -0.25) is 9.59 Å². The topological polar surface area (TPSA) is 103 Å². The molecule has 27 heavy (non-hydrogen) atoms. The van der Waals surface area contributed by atoms with Crippen molar-refractivity contribution in [3.8, 4) is 0 Å². The van der Waals surface area contributed by atoms with E-state index in [0.717, 1.165) is 0 Å². The lowest BCUT2D eigenvalue weighted by Gasteiger charge is -2.32. The molecule has 0 saturated carbocycles. The Balaban J connectivity index is 0.00000364. The van der Waals surface area contributed by atoms with Gasteiger partial charge in [0.05, 0.1) is 42.8 Å². The van der Waals surface area contributed by atoms with E-state index in [0.29, 0.717) is 32.7 Å². The van der Waals surface area contributed by atoms with Crippen LogP contribution in [0.2, 0.25) is 0 Å². The van der Waals surface area contributed by atoms with Gasteiger partial charge in [-0.2, -0.15) is 0 Å². The van der Waals surface area contributed by atoms with Gasteiger partial charge in [0.25, 0.3) is 0 Å². The van der Waals surface area contributed by atoms with Gasteiger partial charge in [-0.1, -0.05) is 6.92 Å². The number of rotatable bonds is 6. The normalized spacial score (nSPS) is 23.3. The van der Waals surface area contributed by atoms with Crippen molar-refractivity contribution < 1.29 is 23.6 Å². The van der Waals surface area contributed by atoms with Gasteiger partial charge >= 0.3 is 7.12 Å². The van der Waals surface area contributed by atoms with Gasteiger partial charge in [-0.15, -0.1) is 12.4 Å². The predicted octanol–water partition coefficient (Wildman–Crippen LogP) is 0.511. The van der Waals surface area contributed by atoms with Crippen molar-refractivity contribution in [3.05, 3.63) is 0 Å². The predicted molar refractivity (Wildman–Crippen MR) is 106 cm³/mol. The highest BCUT2D eigenvalue weighted by atomic mass is 35.5. The number of nitrogens with two attached hydrogens (primary N) is 1. The van der Waals surface area contributed by atoms with Gasteiger partial charge in [0.15, 0.2) is 0 Å². The van der Waals surface area contributed by atoms with Crippen LogP contribution in [0.5, 0.6) is 0 Å². The largest absolute Gasteiger partial charge is 0.481 e. The lowest BCUT2D eigenvalue weighted by Crippen LogP contribution is -2.53. The Hall–Kier alpha value is -0.865. The minimum atomic E-state index is -0.901. The van der Waals surface area contributed by atoms with Gasteiger partial charge in [-0.05, 0) is 34.1 Å². The number of amides is 2. The van der Waals surface area contributed by atoms with Crippen LogP contribution in [0.25, 0.3) is 0 Å². The molecular weight excluding hydrogens is 372 g/mol. The first-order chi connectivity index (χ1) is 12.1. The second kappa shape index (κ2) is 9.56. The maximum Gasteiger partial charge on any atom is 0.481 e. The molecule has 0 aromatic heterocycles. The maximum absolute atomic E-state index is 12.5. The van der Waals surface area contributed by atoms with Crippen LogP contribution in [0.3, 0.4) is 0 Å². The first kappa shape index (κ1) is 24.2. The van der Waals surface area contributed by atoms with E-state index < -0.39 is 24.4 Å². The Labute approximate surface area is 168 Å². The van der Waals surface area contributed by atoms with Crippen molar-refractivity contribution in [2.45, 2.75) is 70.6 Å². The van der Waals surface area contributed by atoms with Crippen molar-refractivity contribution in [3.63, 3.8) is 0 Å². The monoisotopic (exact) mass is 405 g/mol. The third kappa shape index (κ3) is 5.81. The number of carbonyl (C=O) groups is 2. The standard InChI is InChI=1S/C17H32BN3O5.ClH/c1-6-13(18-25-16(2,3)17(4,5)26-18)20-15(23)12(19)11-14(22)21-7-9-24-10-8-21;/h12-13H,6-11,19H2,1-5H3,(H,20,23);1H/t12-,13+;/m1./s1. The zero-order valence-corrected chi connectivity index (χ0v) is 17.8. The average molecular weight is 406 g/mol. The maximum atomic E-state index is 12.5. The van der Waals surface area contributed by atoms with Crippen LogP contribution in [0.4, 0.5) is 0 Å². The summed E-state index contributed by atoms with van der Waals surface area (Å²) in [6, 6.07) is -0.901. The van der Waals surface area contributed by atoms with Crippen molar-refractivity contribution in [2.24, 2.45) is 5.73 Å². The minimum absolute atomic E-state index is 0. The summed E-state index contributed by atoms with van der Waals surface area (Å²) in [5, 5.41) is 2.88. The highest BCUT2D eigenvalue weighted by Crippen LogP contribution is 2.37. The van der Waals surface area contributed by atoms with Crippen molar-refractivity contribution in [2.75, 3.05) is 26.3 Å². The van der Waals surface area contributed by atoms with E-state index in [2.05, 4.69) is 5.32 Å². The molecule has 2 saturated heterocycles. The highest BCUT2D eigenvalue weighted by Gasteiger charge is 2.53. The zero-order chi connectivity index (χ0) is 19.5. The molecule has 2 atom stereocenters. The second-order valence-corrected chi connectivity index (χ2v) is 7.95. The lowest BCUT2D eigenvalue weighted by atomic mass is 9.76. The molecule has 8 nitrogen and oxygen atoms in total. The number of ether oxygens (including phenoxy) is 1. The smallest absolute Gasteiger partial charge is 0.402 e. The molecule has 3 N–H and O–H groups in total. The minimum Gasteiger partial charge on any atom is -0.402 e. The molecule has 0 aromatic carbocycles. The number of nitrogens with zero attached hydrogens (tertiary/aromatic N) is 1. The van der Waals surface area contributed by atoms with Gasteiger partial charge in [0, 0.05) is 13.1 Å². The van der Waals surface area contributed by atoms with Crippen LogP contribution >= 0.6 is 12.4 Å². The lowest BCUT2D eigenvalue weighted by molar-refractivity contribution is -0.137. The molecule has 0 aromatic rings. The van der Waals surface area contributed by atoms with Crippen molar-refractivity contribution in [1.82, 2.24) is 10.2 Å². The summed E-state index contributed by atoms with van der Waals surface area (Å²) in [5.74, 6) is -0.819. The fraction of sp³-hybridized carbons (Fsp3) is 0.882. The summed E-state index contributed by atoms with van der Waals surface area (Å²) in [7, 11) is -0.545. The Morgan fingerprint density at radius 2 is 1.67 bits per heavy atom. The van der Waals surface area contributed by atoms with Crippen LogP contribution in [0, 0.1) is 0 Å². The second-order valence-electron chi connectivity index (χ2n) is 7.95. The summed E-state index contributed by atoms with van der Waals surface area (Å²) in [5.41, 5.74) is 5.02. The van der Waals surface area contributed by atoms with Crippen LogP contribution < -0.4 is 11.1 Å². The Morgan fingerprint density at radius 1 is 1.15 bits per heavy atom. The summed E-state index contributed by atoms with van der Waals surface area (Å²) in [6.07, 6.45) is 0.609. The van der Waals surface area contributed by atoms with Gasteiger partial charge < -0.3 is 30.0 Å². The van der Waals surface area contributed by atoms with Gasteiger partial charge in [0.2, 0.25) is 11.8 Å². The molecule has 2 heterocycles. The molecular formula is C17H33BClN3O5. The number of nitrogens with one attached hydrogen (secondary N) is 1. The molecule has 156 valence electrons. The van der Waals surface area contributed by atoms with E-state index in [1.165, 1.54) is 0 Å². The van der Waals surface area contributed by atoms with Crippen LogP contribution in [-0.2, 0) is 23.6 Å². The number of hydrogen-bond donors (Lipinski definition) is 2. The number of morpholine rings is 1. The third-order valence-electron chi connectivity index (χ3n) is 5.46. The number of halogens is 1. The molecule has 2 fully saturated rings. The molecule has 0 unspecified atom stereocenters. The Bertz CT molecular complexity index is 513. The number of carbonyl (C=O) groups excluding carboxylic acids is 2. The van der Waals surface area contributed by atoms with Crippen LogP contribution in [0.1, 0.15) is 47.5 Å². The molecule has 0 bridgehead atoms. The zero-order valence-electron chi connectivity index (χ0n) is 16.9. The molecule has 2 aliphatic heterocycles. The molecule has 2 rings (SSSR count). The first-order valence-electron chi connectivity index (χ1n) is 9.34. The van der Waals surface area contributed by atoms with E-state index in [1.807, 2.05) is 34.6 Å². The van der Waals surface area contributed by atoms with E-state index in [-0.39, 0.29) is 36.6 Å². The van der Waals surface area contributed by atoms with Crippen LogP contribution in [0.15, 0.2) is 0 Å². The SMILES string of the molecule is CC[C@H](NC(=O)[C@H](N)CC(=O)N1CCOCC1)B1OC(C)(C)C(C)(C)O1.Cl. The fourth-order valence-corrected chi connectivity index (χ4v) is 2.93. The molecule has 0 spiro atoms. The Kier molecular flexibility index (Phi) is 8.56. The molecule has 0 radical (unpaired) electrons. The summed E-state index contributed by atoms with van der Waals surface area (Å²) in [6.45, 7) is 11.9. The highest BCUT2D eigenvalue weighted by molar-refractivity contribution is 6.48. The molecule has 2 aliphatic rings. The molecule has 10 heteroatoms. The number of hydrogen-bond acceptors (Lipinski definition) is 6. The van der Waals surface area contributed by atoms with E-state index in [4.69, 9.17) is 19.8 Å². The fourth-order valence-electron chi connectivity index (χ4n) is 2.93. The molecule has 2 amide bonds. The van der Waals surface area contributed by atoms with E-state index in [1.54, 1.807) is 4.90 Å². The third-order valence-corrected chi connectivity index (χ3v) is 5.46. The van der Waals surface area contributed by atoms with Gasteiger partial charge in [-0.25, -0.2) is 0 Å². The van der Waals surface area contributed by atoms with Crippen LogP contribution in [-0.4, -0.2) is 73.3 Å². The quantitative estimate of drug-likeness (QED) is 0.624. The average Bonchev–Trinajstić information content (AvgIpc) is 2.80. The Morgan fingerprint density at radius 3 is 2.15 bits per heavy atom. The van der Waals surface area contributed by atoms with E-state index >= 15 is 0 Å². The summed E-state index contributed by atoms with van der Waals surface area (Å²) >= 11 is 0. The van der Waals surface area contributed by atoms with Crippen molar-refractivity contribution >= 4 is 31.3 Å².